The van der Waals surface area contributed by atoms with Crippen LogP contribution in [0.4, 0.5) is 15.9 Å². The Labute approximate surface area is 207 Å². The van der Waals surface area contributed by atoms with Gasteiger partial charge in [0.2, 0.25) is 5.28 Å². The zero-order chi connectivity index (χ0) is 24.5. The minimum Gasteiger partial charge on any atom is -0.467 e. The first kappa shape index (κ1) is 23.7. The van der Waals surface area contributed by atoms with Crippen LogP contribution in [-0.4, -0.2) is 56.1 Å². The van der Waals surface area contributed by atoms with Crippen LogP contribution in [-0.2, 0) is 22.4 Å². The molecule has 0 spiro atoms. The van der Waals surface area contributed by atoms with E-state index in [4.69, 9.17) is 25.8 Å². The van der Waals surface area contributed by atoms with Gasteiger partial charge in [-0.15, -0.1) is 0 Å². The van der Waals surface area contributed by atoms with E-state index in [1.807, 2.05) is 17.9 Å². The average molecular weight is 501 g/mol. The molecule has 0 atom stereocenters. The van der Waals surface area contributed by atoms with Crippen LogP contribution in [0.15, 0.2) is 24.3 Å². The van der Waals surface area contributed by atoms with Gasteiger partial charge in [-0.2, -0.15) is 4.98 Å². The first-order valence-electron chi connectivity index (χ1n) is 11.6. The number of nitrogens with zero attached hydrogens (tertiary/aromatic N) is 4. The van der Waals surface area contributed by atoms with Gasteiger partial charge in [0.25, 0.3) is 5.91 Å². The van der Waals surface area contributed by atoms with Gasteiger partial charge in [-0.25, -0.2) is 9.37 Å². The van der Waals surface area contributed by atoms with Crippen molar-refractivity contribution in [3.05, 3.63) is 52.2 Å². The number of fused-ring (bicyclic) bond motifs is 2. The first-order chi connectivity index (χ1) is 17.0. The van der Waals surface area contributed by atoms with E-state index in [9.17, 15) is 9.18 Å². The molecule has 35 heavy (non-hydrogen) atoms. The Bertz CT molecular complexity index is 1280. The van der Waals surface area contributed by atoms with Crippen LogP contribution in [0.25, 0.3) is 10.8 Å². The summed E-state index contributed by atoms with van der Waals surface area (Å²) in [6.45, 7) is 4.62. The van der Waals surface area contributed by atoms with Gasteiger partial charge in [0.05, 0.1) is 24.5 Å². The lowest BCUT2D eigenvalue weighted by atomic mass is 9.99. The molecule has 5 rings (SSSR count). The Morgan fingerprint density at radius 2 is 2.06 bits per heavy atom. The topological polar surface area (TPSA) is 77.0 Å². The van der Waals surface area contributed by atoms with Crippen LogP contribution >= 0.6 is 11.6 Å². The molecule has 0 unspecified atom stereocenters. The summed E-state index contributed by atoms with van der Waals surface area (Å²) in [5, 5.41) is 1.52. The number of halogens is 2. The Hall–Kier alpha value is -3.01. The average Bonchev–Trinajstić information content (AvgIpc) is 3.02. The molecule has 0 N–H and O–H groups in total. The van der Waals surface area contributed by atoms with Crippen molar-refractivity contribution in [1.82, 2.24) is 9.97 Å². The number of anilines is 2. The van der Waals surface area contributed by atoms with Gasteiger partial charge in [0.15, 0.2) is 6.79 Å². The number of amides is 1. The highest BCUT2D eigenvalue weighted by Gasteiger charge is 2.37. The van der Waals surface area contributed by atoms with Crippen molar-refractivity contribution in [3.8, 4) is 5.75 Å². The minimum atomic E-state index is -0.316. The third-order valence-corrected chi connectivity index (χ3v) is 6.50. The zero-order valence-electron chi connectivity index (χ0n) is 19.6. The lowest BCUT2D eigenvalue weighted by molar-refractivity contribution is 0.0512. The SMILES string of the molecule is CCc1c(F)ccc2cc(OCOC)cc(N3Cc4nc(Cl)nc(N5CCCOCC5)c4C3=O)c12. The summed E-state index contributed by atoms with van der Waals surface area (Å²) >= 11 is 6.28. The van der Waals surface area contributed by atoms with E-state index in [-0.39, 0.29) is 30.3 Å². The number of hydrogen-bond acceptors (Lipinski definition) is 7. The highest BCUT2D eigenvalue weighted by atomic mass is 35.5. The first-order valence-corrected chi connectivity index (χ1v) is 12.0. The second-order valence-corrected chi connectivity index (χ2v) is 8.79. The Balaban J connectivity index is 1.65. The number of aryl methyl sites for hydroxylation is 1. The Kier molecular flexibility index (Phi) is 6.73. The highest BCUT2D eigenvalue weighted by molar-refractivity contribution is 6.28. The molecule has 0 bridgehead atoms. The van der Waals surface area contributed by atoms with Crippen molar-refractivity contribution in [2.45, 2.75) is 26.3 Å². The fraction of sp³-hybridized carbons (Fsp3) is 0.400. The van der Waals surface area contributed by atoms with Gasteiger partial charge in [0, 0.05) is 38.3 Å². The lowest BCUT2D eigenvalue weighted by Crippen LogP contribution is -2.30. The molecule has 184 valence electrons. The predicted octanol–water partition coefficient (Wildman–Crippen LogP) is 4.35. The molecular formula is C25H26ClFN4O4. The molecule has 2 aromatic carbocycles. The fourth-order valence-corrected chi connectivity index (χ4v) is 4.95. The second-order valence-electron chi connectivity index (χ2n) is 8.45. The van der Waals surface area contributed by atoms with E-state index >= 15 is 0 Å². The van der Waals surface area contributed by atoms with Crippen LogP contribution in [0.5, 0.6) is 5.75 Å². The molecule has 2 aliphatic heterocycles. The molecule has 2 aliphatic rings. The summed E-state index contributed by atoms with van der Waals surface area (Å²) in [4.78, 5) is 26.3. The van der Waals surface area contributed by atoms with E-state index in [1.54, 1.807) is 17.0 Å². The molecule has 0 saturated carbocycles. The van der Waals surface area contributed by atoms with Crippen molar-refractivity contribution in [2.75, 3.05) is 50.0 Å². The van der Waals surface area contributed by atoms with Gasteiger partial charge >= 0.3 is 0 Å². The molecule has 1 fully saturated rings. The standard InChI is InChI=1S/C25H26ClFN4O4/c1-3-17-18(27)6-5-15-11-16(35-14-33-2)12-20(21(15)17)31-13-19-22(24(31)32)23(29-25(26)28-19)30-7-4-9-34-10-8-30/h5-6,11-12H,3-4,7-10,13-14H2,1-2H3. The molecule has 10 heteroatoms. The number of carbonyl (C=O) groups excluding carboxylic acids is 1. The second kappa shape index (κ2) is 9.93. The van der Waals surface area contributed by atoms with Crippen molar-refractivity contribution < 1.29 is 23.4 Å². The number of rotatable bonds is 6. The summed E-state index contributed by atoms with van der Waals surface area (Å²) in [6, 6.07) is 6.71. The number of methoxy groups -OCH3 is 1. The molecule has 3 heterocycles. The molecular weight excluding hydrogens is 475 g/mol. The maximum absolute atomic E-state index is 14.8. The highest BCUT2D eigenvalue weighted by Crippen LogP contribution is 2.41. The van der Waals surface area contributed by atoms with Gasteiger partial charge in [0.1, 0.15) is 22.9 Å². The number of hydrogen-bond donors (Lipinski definition) is 0. The third-order valence-electron chi connectivity index (χ3n) is 6.33. The lowest BCUT2D eigenvalue weighted by Gasteiger charge is -2.23. The maximum Gasteiger partial charge on any atom is 0.264 e. The van der Waals surface area contributed by atoms with Crippen molar-refractivity contribution >= 4 is 39.8 Å². The van der Waals surface area contributed by atoms with Crippen LogP contribution in [0.1, 0.15) is 35.0 Å². The summed E-state index contributed by atoms with van der Waals surface area (Å²) in [7, 11) is 1.53. The number of aromatic nitrogens is 2. The quantitative estimate of drug-likeness (QED) is 0.368. The summed E-state index contributed by atoms with van der Waals surface area (Å²) in [5.41, 5.74) is 2.05. The Morgan fingerprint density at radius 1 is 1.20 bits per heavy atom. The molecule has 1 aromatic heterocycles. The molecule has 1 amide bonds. The zero-order valence-corrected chi connectivity index (χ0v) is 20.4. The normalized spacial score (nSPS) is 16.1. The van der Waals surface area contributed by atoms with E-state index in [1.165, 1.54) is 13.2 Å². The third kappa shape index (κ3) is 4.39. The molecule has 3 aromatic rings. The largest absolute Gasteiger partial charge is 0.467 e. The molecule has 1 saturated heterocycles. The van der Waals surface area contributed by atoms with E-state index < -0.39 is 0 Å². The molecule has 0 aliphatic carbocycles. The smallest absolute Gasteiger partial charge is 0.264 e. The summed E-state index contributed by atoms with van der Waals surface area (Å²) < 4.78 is 31.2. The number of benzene rings is 2. The van der Waals surface area contributed by atoms with E-state index in [2.05, 4.69) is 9.97 Å². The van der Waals surface area contributed by atoms with Crippen LogP contribution < -0.4 is 14.5 Å². The van der Waals surface area contributed by atoms with Crippen LogP contribution in [0, 0.1) is 5.82 Å². The van der Waals surface area contributed by atoms with Gasteiger partial charge in [-0.1, -0.05) is 13.0 Å². The Morgan fingerprint density at radius 3 is 2.86 bits per heavy atom. The predicted molar refractivity (Wildman–Crippen MR) is 131 cm³/mol. The minimum absolute atomic E-state index is 0.0449. The van der Waals surface area contributed by atoms with Crippen molar-refractivity contribution in [3.63, 3.8) is 0 Å². The van der Waals surface area contributed by atoms with Crippen LogP contribution in [0.2, 0.25) is 5.28 Å². The number of ether oxygens (including phenoxy) is 3. The molecule has 8 nitrogen and oxygen atoms in total. The fourth-order valence-electron chi connectivity index (χ4n) is 4.77. The van der Waals surface area contributed by atoms with E-state index in [0.717, 1.165) is 11.8 Å². The van der Waals surface area contributed by atoms with Gasteiger partial charge < -0.3 is 24.0 Å². The van der Waals surface area contributed by atoms with Crippen molar-refractivity contribution in [2.24, 2.45) is 0 Å². The van der Waals surface area contributed by atoms with Gasteiger partial charge in [-0.3, -0.25) is 4.79 Å². The van der Waals surface area contributed by atoms with Crippen LogP contribution in [0.3, 0.4) is 0 Å². The number of carbonyl (C=O) groups is 1. The maximum atomic E-state index is 14.8. The summed E-state index contributed by atoms with van der Waals surface area (Å²) in [6.07, 6.45) is 1.28. The van der Waals surface area contributed by atoms with E-state index in [0.29, 0.717) is 72.2 Å². The molecule has 0 radical (unpaired) electrons. The van der Waals surface area contributed by atoms with Crippen molar-refractivity contribution in [1.29, 1.82) is 0 Å². The monoisotopic (exact) mass is 500 g/mol. The van der Waals surface area contributed by atoms with Gasteiger partial charge in [-0.05, 0) is 47.5 Å². The summed E-state index contributed by atoms with van der Waals surface area (Å²) in [5.74, 6) is 0.453.